The maximum atomic E-state index is 9.70. The van der Waals surface area contributed by atoms with Gasteiger partial charge in [-0.25, -0.2) is 0 Å². The lowest BCUT2D eigenvalue weighted by Gasteiger charge is -2.16. The van der Waals surface area contributed by atoms with Crippen molar-refractivity contribution in [1.29, 1.82) is 0 Å². The van der Waals surface area contributed by atoms with Crippen LogP contribution in [0.25, 0.3) is 0 Å². The first kappa shape index (κ1) is 22.9. The SMILES string of the molecule is CCOc1cc(CNc2cc(Cl)c(O)c(Cl)c2)c(Br)cc1OCc1ccc(Cl)cc1. The molecule has 30 heavy (non-hydrogen) atoms. The Labute approximate surface area is 198 Å². The zero-order valence-corrected chi connectivity index (χ0v) is 19.9. The Kier molecular flexibility index (Phi) is 8.00. The van der Waals surface area contributed by atoms with E-state index in [9.17, 15) is 5.11 Å². The predicted molar refractivity (Wildman–Crippen MR) is 127 cm³/mol. The molecule has 3 aromatic rings. The van der Waals surface area contributed by atoms with Crippen molar-refractivity contribution in [3.8, 4) is 17.2 Å². The van der Waals surface area contributed by atoms with Gasteiger partial charge in [-0.1, -0.05) is 62.9 Å². The number of nitrogens with one attached hydrogen (secondary N) is 1. The smallest absolute Gasteiger partial charge is 0.162 e. The van der Waals surface area contributed by atoms with Crippen LogP contribution in [0.5, 0.6) is 17.2 Å². The fourth-order valence-corrected chi connectivity index (χ4v) is 3.78. The van der Waals surface area contributed by atoms with Crippen molar-refractivity contribution in [3.63, 3.8) is 0 Å². The molecular weight excluding hydrogens is 513 g/mol. The number of rotatable bonds is 8. The summed E-state index contributed by atoms with van der Waals surface area (Å²) in [5, 5.41) is 14.0. The molecule has 3 aromatic carbocycles. The van der Waals surface area contributed by atoms with Crippen molar-refractivity contribution in [3.05, 3.63) is 79.2 Å². The number of halogens is 4. The van der Waals surface area contributed by atoms with Crippen LogP contribution in [0.4, 0.5) is 5.69 Å². The lowest BCUT2D eigenvalue weighted by atomic mass is 10.2. The second-order valence-corrected chi connectivity index (χ2v) is 8.49. The van der Waals surface area contributed by atoms with E-state index in [-0.39, 0.29) is 15.8 Å². The minimum absolute atomic E-state index is 0.133. The van der Waals surface area contributed by atoms with Crippen LogP contribution >= 0.6 is 50.7 Å². The summed E-state index contributed by atoms with van der Waals surface area (Å²) < 4.78 is 12.6. The van der Waals surface area contributed by atoms with Crippen LogP contribution in [-0.2, 0) is 13.2 Å². The summed E-state index contributed by atoms with van der Waals surface area (Å²) in [6, 6.07) is 14.5. The second kappa shape index (κ2) is 10.5. The monoisotopic (exact) mass is 529 g/mol. The summed E-state index contributed by atoms with van der Waals surface area (Å²) >= 11 is 21.5. The molecule has 2 N–H and O–H groups in total. The van der Waals surface area contributed by atoms with Gasteiger partial charge in [-0.05, 0) is 54.4 Å². The molecule has 0 unspecified atom stereocenters. The maximum absolute atomic E-state index is 9.70. The van der Waals surface area contributed by atoms with Gasteiger partial charge in [-0.3, -0.25) is 0 Å². The summed E-state index contributed by atoms with van der Waals surface area (Å²) in [4.78, 5) is 0. The Bertz CT molecular complexity index is 1010. The Balaban J connectivity index is 1.75. The first-order chi connectivity index (χ1) is 14.4. The van der Waals surface area contributed by atoms with E-state index in [1.165, 1.54) is 0 Å². The Morgan fingerprint density at radius 1 is 0.933 bits per heavy atom. The van der Waals surface area contributed by atoms with Gasteiger partial charge in [-0.15, -0.1) is 0 Å². The highest BCUT2D eigenvalue weighted by atomic mass is 79.9. The van der Waals surface area contributed by atoms with E-state index in [4.69, 9.17) is 44.3 Å². The fourth-order valence-electron chi connectivity index (χ4n) is 2.70. The molecule has 158 valence electrons. The number of aromatic hydroxyl groups is 1. The molecule has 0 fully saturated rings. The molecule has 0 spiro atoms. The van der Waals surface area contributed by atoms with Gasteiger partial charge in [0.1, 0.15) is 6.61 Å². The van der Waals surface area contributed by atoms with Crippen LogP contribution in [0.3, 0.4) is 0 Å². The lowest BCUT2D eigenvalue weighted by molar-refractivity contribution is 0.269. The molecule has 0 aromatic heterocycles. The minimum atomic E-state index is -0.133. The topological polar surface area (TPSA) is 50.7 Å². The van der Waals surface area contributed by atoms with Crippen molar-refractivity contribution in [1.82, 2.24) is 0 Å². The molecule has 0 aliphatic rings. The predicted octanol–water partition coefficient (Wildman–Crippen LogP) is 7.70. The number of benzene rings is 3. The maximum Gasteiger partial charge on any atom is 0.162 e. The molecule has 0 saturated heterocycles. The van der Waals surface area contributed by atoms with Crippen LogP contribution in [0.2, 0.25) is 15.1 Å². The minimum Gasteiger partial charge on any atom is -0.505 e. The van der Waals surface area contributed by atoms with E-state index in [0.717, 1.165) is 15.6 Å². The Morgan fingerprint density at radius 2 is 1.57 bits per heavy atom. The molecule has 4 nitrogen and oxygen atoms in total. The third kappa shape index (κ3) is 5.88. The largest absolute Gasteiger partial charge is 0.505 e. The van der Waals surface area contributed by atoms with Crippen LogP contribution in [0.15, 0.2) is 53.0 Å². The van der Waals surface area contributed by atoms with Gasteiger partial charge >= 0.3 is 0 Å². The van der Waals surface area contributed by atoms with Crippen LogP contribution < -0.4 is 14.8 Å². The zero-order chi connectivity index (χ0) is 21.7. The summed E-state index contributed by atoms with van der Waals surface area (Å²) in [6.07, 6.45) is 0. The first-order valence-corrected chi connectivity index (χ1v) is 11.0. The second-order valence-electron chi connectivity index (χ2n) is 6.38. The van der Waals surface area contributed by atoms with Crippen molar-refractivity contribution >= 4 is 56.4 Å². The standard InChI is InChI=1S/C22H19BrCl3NO3/c1-2-29-20-7-14(11-27-16-8-18(25)22(28)19(26)9-16)17(23)10-21(20)30-12-13-3-5-15(24)6-4-13/h3-10,27-28H,2,11-12H2,1H3. The van der Waals surface area contributed by atoms with Gasteiger partial charge in [0.2, 0.25) is 0 Å². The Hall–Kier alpha value is -1.79. The molecule has 3 rings (SSSR count). The summed E-state index contributed by atoms with van der Waals surface area (Å²) in [5.74, 6) is 1.15. The lowest BCUT2D eigenvalue weighted by Crippen LogP contribution is -2.04. The Morgan fingerprint density at radius 3 is 2.20 bits per heavy atom. The number of ether oxygens (including phenoxy) is 2. The van der Waals surface area contributed by atoms with Gasteiger partial charge in [0, 0.05) is 21.7 Å². The normalized spacial score (nSPS) is 10.7. The fraction of sp³-hybridized carbons (Fsp3) is 0.182. The average Bonchev–Trinajstić information content (AvgIpc) is 2.72. The van der Waals surface area contributed by atoms with Crippen LogP contribution in [-0.4, -0.2) is 11.7 Å². The molecule has 0 saturated carbocycles. The van der Waals surface area contributed by atoms with E-state index < -0.39 is 0 Å². The summed E-state index contributed by atoms with van der Waals surface area (Å²) in [6.45, 7) is 3.31. The molecule has 0 bridgehead atoms. The van der Waals surface area contributed by atoms with Crippen LogP contribution in [0.1, 0.15) is 18.1 Å². The number of anilines is 1. The molecule has 0 radical (unpaired) electrons. The van der Waals surface area contributed by atoms with Gasteiger partial charge in [0.15, 0.2) is 17.2 Å². The molecule has 0 aliphatic heterocycles. The van der Waals surface area contributed by atoms with E-state index in [1.54, 1.807) is 12.1 Å². The molecule has 0 heterocycles. The van der Waals surface area contributed by atoms with Crippen LogP contribution in [0, 0.1) is 0 Å². The molecule has 0 amide bonds. The highest BCUT2D eigenvalue weighted by Gasteiger charge is 2.12. The average molecular weight is 532 g/mol. The van der Waals surface area contributed by atoms with Gasteiger partial charge in [-0.2, -0.15) is 0 Å². The zero-order valence-electron chi connectivity index (χ0n) is 16.0. The van der Waals surface area contributed by atoms with Gasteiger partial charge in [0.05, 0.1) is 16.7 Å². The van der Waals surface area contributed by atoms with Gasteiger partial charge < -0.3 is 19.9 Å². The summed E-state index contributed by atoms with van der Waals surface area (Å²) in [5.41, 5.74) is 2.65. The van der Waals surface area contributed by atoms with E-state index in [2.05, 4.69) is 21.2 Å². The number of hydrogen-bond donors (Lipinski definition) is 2. The van der Waals surface area contributed by atoms with E-state index >= 15 is 0 Å². The first-order valence-electron chi connectivity index (χ1n) is 9.11. The molecule has 0 aliphatic carbocycles. The highest BCUT2D eigenvalue weighted by molar-refractivity contribution is 9.10. The van der Waals surface area contributed by atoms with Crippen molar-refractivity contribution < 1.29 is 14.6 Å². The molecule has 0 atom stereocenters. The molecular formula is C22H19BrCl3NO3. The summed E-state index contributed by atoms with van der Waals surface area (Å²) in [7, 11) is 0. The third-order valence-corrected chi connectivity index (χ3v) is 5.79. The highest BCUT2D eigenvalue weighted by Crippen LogP contribution is 2.37. The third-order valence-electron chi connectivity index (χ3n) is 4.22. The van der Waals surface area contributed by atoms with Crippen molar-refractivity contribution in [2.45, 2.75) is 20.1 Å². The van der Waals surface area contributed by atoms with Crippen molar-refractivity contribution in [2.24, 2.45) is 0 Å². The quantitative estimate of drug-likeness (QED) is 0.293. The van der Waals surface area contributed by atoms with Gasteiger partial charge in [0.25, 0.3) is 0 Å². The van der Waals surface area contributed by atoms with E-state index in [1.807, 2.05) is 43.3 Å². The molecule has 8 heteroatoms. The number of phenolic OH excluding ortho intramolecular Hbond substituents is 1. The van der Waals surface area contributed by atoms with Crippen molar-refractivity contribution in [2.75, 3.05) is 11.9 Å². The van der Waals surface area contributed by atoms with E-state index in [0.29, 0.717) is 42.0 Å². The number of hydrogen-bond acceptors (Lipinski definition) is 4. The number of phenols is 1.